The van der Waals surface area contributed by atoms with Crippen LogP contribution in [0.3, 0.4) is 0 Å². The molecule has 0 aliphatic rings. The van der Waals surface area contributed by atoms with Crippen LogP contribution in [-0.2, 0) is 18.4 Å². The monoisotopic (exact) mass is 507 g/mol. The van der Waals surface area contributed by atoms with Gasteiger partial charge < -0.3 is 19.8 Å². The number of anilines is 1. The van der Waals surface area contributed by atoms with E-state index in [2.05, 4.69) is 26.6 Å². The van der Waals surface area contributed by atoms with Crippen LogP contribution in [-0.4, -0.2) is 29.3 Å². The van der Waals surface area contributed by atoms with Crippen molar-refractivity contribution < 1.29 is 18.3 Å². The van der Waals surface area contributed by atoms with E-state index in [1.165, 1.54) is 31.5 Å². The first-order valence-corrected chi connectivity index (χ1v) is 11.4. The highest BCUT2D eigenvalue weighted by Gasteiger charge is 2.21. The van der Waals surface area contributed by atoms with Gasteiger partial charge in [-0.1, -0.05) is 6.58 Å². The second-order valence-corrected chi connectivity index (χ2v) is 8.62. The highest BCUT2D eigenvalue weighted by molar-refractivity contribution is 5.98. The number of rotatable bonds is 9. The van der Waals surface area contributed by atoms with E-state index >= 15 is 4.39 Å². The molecule has 0 amide bonds. The van der Waals surface area contributed by atoms with E-state index in [-0.39, 0.29) is 41.3 Å². The summed E-state index contributed by atoms with van der Waals surface area (Å²) in [6.45, 7) is 9.18. The van der Waals surface area contributed by atoms with Crippen LogP contribution in [0.1, 0.15) is 32.5 Å². The predicted molar refractivity (Wildman–Crippen MR) is 136 cm³/mol. The Kier molecular flexibility index (Phi) is 7.32. The Hall–Kier alpha value is -4.54. The molecule has 0 aliphatic heterocycles. The van der Waals surface area contributed by atoms with E-state index in [4.69, 9.17) is 15.2 Å². The predicted octanol–water partition coefficient (Wildman–Crippen LogP) is 5.40. The number of ether oxygens (including phenoxy) is 2. The van der Waals surface area contributed by atoms with Crippen molar-refractivity contribution in [3.63, 3.8) is 0 Å². The van der Waals surface area contributed by atoms with Crippen molar-refractivity contribution in [3.05, 3.63) is 84.6 Å². The van der Waals surface area contributed by atoms with Crippen molar-refractivity contribution in [3.8, 4) is 17.0 Å². The maximum absolute atomic E-state index is 15.3. The zero-order valence-corrected chi connectivity index (χ0v) is 20.9. The summed E-state index contributed by atoms with van der Waals surface area (Å²) in [5.41, 5.74) is 7.94. The SMILES string of the molecule is C=C(C=C(C=C(C)F)Oc1ccc(-c2nn(C(C)C)c3ncnc(N)c23)c(F)c1)OCc1cncn1C. The number of hydrogen-bond donors (Lipinski definition) is 1. The molecule has 3 heterocycles. The highest BCUT2D eigenvalue weighted by atomic mass is 19.1. The molecule has 0 fully saturated rings. The molecule has 11 heteroatoms. The van der Waals surface area contributed by atoms with Crippen molar-refractivity contribution in [1.82, 2.24) is 29.3 Å². The summed E-state index contributed by atoms with van der Waals surface area (Å²) in [6, 6.07) is 4.21. The summed E-state index contributed by atoms with van der Waals surface area (Å²) < 4.78 is 43.9. The molecule has 4 aromatic rings. The standard InChI is InChI=1S/C26H27F2N7O2/c1-15(2)35-26-23(25(29)31-13-32-26)24(33-35)21-7-6-19(10-22(21)28)37-20(8-16(3)27)9-17(4)36-12-18-11-30-14-34(18)5/h6-11,13-15H,4,12H2,1-3,5H3,(H2,29,31,32). The number of nitrogens with two attached hydrogens (primary N) is 1. The summed E-state index contributed by atoms with van der Waals surface area (Å²) in [7, 11) is 1.84. The zero-order chi connectivity index (χ0) is 26.7. The third-order valence-electron chi connectivity index (χ3n) is 5.40. The largest absolute Gasteiger partial charge is 0.488 e. The van der Waals surface area contributed by atoms with Gasteiger partial charge in [0.1, 0.15) is 53.4 Å². The van der Waals surface area contributed by atoms with Gasteiger partial charge in [-0.25, -0.2) is 28.4 Å². The summed E-state index contributed by atoms with van der Waals surface area (Å²) in [4.78, 5) is 12.3. The molecule has 37 heavy (non-hydrogen) atoms. The molecule has 0 unspecified atom stereocenters. The Morgan fingerprint density at radius 2 is 2.03 bits per heavy atom. The number of aromatic nitrogens is 6. The van der Waals surface area contributed by atoms with Crippen LogP contribution in [0.5, 0.6) is 5.75 Å². The molecule has 1 aromatic carbocycles. The molecule has 0 saturated heterocycles. The molecule has 3 aromatic heterocycles. The van der Waals surface area contributed by atoms with Crippen LogP contribution < -0.4 is 10.5 Å². The van der Waals surface area contributed by atoms with E-state index in [0.717, 1.165) is 11.8 Å². The summed E-state index contributed by atoms with van der Waals surface area (Å²) in [5.74, 6) is -0.473. The highest BCUT2D eigenvalue weighted by Crippen LogP contribution is 2.34. The van der Waals surface area contributed by atoms with Gasteiger partial charge >= 0.3 is 0 Å². The van der Waals surface area contributed by atoms with Crippen molar-refractivity contribution >= 4 is 16.9 Å². The number of halogens is 2. The summed E-state index contributed by atoms with van der Waals surface area (Å²) >= 11 is 0. The molecular weight excluding hydrogens is 480 g/mol. The second kappa shape index (κ2) is 10.6. The number of nitrogen functional groups attached to an aromatic ring is 1. The van der Waals surface area contributed by atoms with Gasteiger partial charge in [-0.15, -0.1) is 0 Å². The molecule has 0 atom stereocenters. The Bertz CT molecular complexity index is 1510. The van der Waals surface area contributed by atoms with E-state index in [1.54, 1.807) is 27.8 Å². The molecule has 0 radical (unpaired) electrons. The fraction of sp³-hybridized carbons (Fsp3) is 0.231. The molecule has 0 saturated carbocycles. The van der Waals surface area contributed by atoms with Crippen LogP contribution in [0.4, 0.5) is 14.6 Å². The normalized spacial score (nSPS) is 12.4. The minimum absolute atomic E-state index is 0.0344. The molecule has 192 valence electrons. The third kappa shape index (κ3) is 5.66. The van der Waals surface area contributed by atoms with Crippen molar-refractivity contribution in [2.24, 2.45) is 7.05 Å². The second-order valence-electron chi connectivity index (χ2n) is 8.62. The van der Waals surface area contributed by atoms with E-state index in [0.29, 0.717) is 16.7 Å². The molecule has 4 rings (SSSR count). The van der Waals surface area contributed by atoms with E-state index in [1.807, 2.05) is 20.9 Å². The van der Waals surface area contributed by atoms with Gasteiger partial charge in [-0.2, -0.15) is 5.10 Å². The van der Waals surface area contributed by atoms with Crippen LogP contribution in [0.2, 0.25) is 0 Å². The maximum atomic E-state index is 15.3. The lowest BCUT2D eigenvalue weighted by atomic mass is 10.1. The van der Waals surface area contributed by atoms with E-state index < -0.39 is 11.6 Å². The number of hydrogen-bond acceptors (Lipinski definition) is 7. The van der Waals surface area contributed by atoms with Gasteiger partial charge in [0.05, 0.1) is 23.6 Å². The average Bonchev–Trinajstić information content (AvgIpc) is 3.41. The minimum atomic E-state index is -0.609. The van der Waals surface area contributed by atoms with Crippen LogP contribution in [0, 0.1) is 5.82 Å². The first-order chi connectivity index (χ1) is 17.6. The lowest BCUT2D eigenvalue weighted by molar-refractivity contribution is 0.204. The van der Waals surface area contributed by atoms with Crippen LogP contribution in [0.25, 0.3) is 22.3 Å². The Labute approximate surface area is 212 Å². The van der Waals surface area contributed by atoms with Gasteiger partial charge in [-0.3, -0.25) is 0 Å². The summed E-state index contributed by atoms with van der Waals surface area (Å²) in [5, 5.41) is 5.01. The molecule has 9 nitrogen and oxygen atoms in total. The zero-order valence-electron chi connectivity index (χ0n) is 20.9. The molecule has 0 bridgehead atoms. The minimum Gasteiger partial charge on any atom is -0.488 e. The van der Waals surface area contributed by atoms with Crippen molar-refractivity contribution in [2.75, 3.05) is 5.73 Å². The average molecular weight is 508 g/mol. The maximum Gasteiger partial charge on any atom is 0.164 e. The van der Waals surface area contributed by atoms with Gasteiger partial charge in [0.25, 0.3) is 0 Å². The number of fused-ring (bicyclic) bond motifs is 1. The lowest BCUT2D eigenvalue weighted by Gasteiger charge is -2.11. The Morgan fingerprint density at radius 1 is 1.24 bits per heavy atom. The topological polar surface area (TPSA) is 106 Å². The molecule has 0 aliphatic carbocycles. The fourth-order valence-corrected chi connectivity index (χ4v) is 3.62. The number of nitrogens with zero attached hydrogens (tertiary/aromatic N) is 6. The quantitative estimate of drug-likeness (QED) is 0.239. The van der Waals surface area contributed by atoms with E-state index in [9.17, 15) is 4.39 Å². The lowest BCUT2D eigenvalue weighted by Crippen LogP contribution is -2.04. The van der Waals surface area contributed by atoms with Crippen molar-refractivity contribution in [2.45, 2.75) is 33.4 Å². The van der Waals surface area contributed by atoms with Crippen LogP contribution in [0.15, 0.2) is 73.1 Å². The number of allylic oxidation sites excluding steroid dienone is 3. The molecule has 2 N–H and O–H groups in total. The molecular formula is C26H27F2N7O2. The fourth-order valence-electron chi connectivity index (χ4n) is 3.62. The summed E-state index contributed by atoms with van der Waals surface area (Å²) in [6.07, 6.45) is 7.23. The van der Waals surface area contributed by atoms with Gasteiger partial charge in [0, 0.05) is 36.9 Å². The van der Waals surface area contributed by atoms with Gasteiger partial charge in [0.15, 0.2) is 5.65 Å². The first-order valence-electron chi connectivity index (χ1n) is 11.4. The number of aryl methyl sites for hydroxylation is 1. The number of imidazole rings is 1. The number of benzene rings is 1. The van der Waals surface area contributed by atoms with Crippen LogP contribution >= 0.6 is 0 Å². The van der Waals surface area contributed by atoms with Gasteiger partial charge in [-0.05, 0) is 32.9 Å². The van der Waals surface area contributed by atoms with Crippen molar-refractivity contribution in [1.29, 1.82) is 0 Å². The first kappa shape index (κ1) is 25.5. The molecule has 0 spiro atoms. The smallest absolute Gasteiger partial charge is 0.164 e. The van der Waals surface area contributed by atoms with Gasteiger partial charge in [0.2, 0.25) is 0 Å². The Balaban J connectivity index is 1.61. The Morgan fingerprint density at radius 3 is 2.68 bits per heavy atom. The third-order valence-corrected chi connectivity index (χ3v) is 5.40.